The largest absolute Gasteiger partial charge is 0.465 e. The first-order valence-corrected chi connectivity index (χ1v) is 7.48. The highest BCUT2D eigenvalue weighted by Crippen LogP contribution is 2.11. The predicted octanol–water partition coefficient (Wildman–Crippen LogP) is 2.40. The van der Waals surface area contributed by atoms with E-state index in [4.69, 9.17) is 0 Å². The highest BCUT2D eigenvalue weighted by atomic mass is 16.5. The number of aryl methyl sites for hydroxylation is 1. The third-order valence-corrected chi connectivity index (χ3v) is 3.64. The van der Waals surface area contributed by atoms with Crippen LogP contribution in [0, 0.1) is 6.92 Å². The number of fused-ring (bicyclic) bond motifs is 1. The summed E-state index contributed by atoms with van der Waals surface area (Å²) in [7, 11) is 1.35. The second kappa shape index (κ2) is 6.54. The molecule has 122 valence electrons. The van der Waals surface area contributed by atoms with E-state index in [0.717, 1.165) is 11.3 Å². The van der Waals surface area contributed by atoms with Crippen molar-refractivity contribution in [2.45, 2.75) is 13.5 Å². The summed E-state index contributed by atoms with van der Waals surface area (Å²) in [5, 5.41) is 3.19. The van der Waals surface area contributed by atoms with Crippen molar-refractivity contribution in [1.82, 2.24) is 9.38 Å². The Hall–Kier alpha value is -3.15. The van der Waals surface area contributed by atoms with Crippen molar-refractivity contribution < 1.29 is 9.53 Å². The van der Waals surface area contributed by atoms with Gasteiger partial charge < -0.3 is 10.1 Å². The van der Waals surface area contributed by atoms with Crippen molar-refractivity contribution in [2.75, 3.05) is 12.4 Å². The normalized spacial score (nSPS) is 10.6. The zero-order valence-corrected chi connectivity index (χ0v) is 13.4. The number of ether oxygens (including phenoxy) is 1. The van der Waals surface area contributed by atoms with Crippen LogP contribution in [-0.4, -0.2) is 22.5 Å². The molecule has 0 unspecified atom stereocenters. The number of hydrogen-bond acceptors (Lipinski definition) is 5. The van der Waals surface area contributed by atoms with E-state index in [-0.39, 0.29) is 11.5 Å². The molecule has 2 heterocycles. The Balaban J connectivity index is 1.77. The number of esters is 1. The van der Waals surface area contributed by atoms with E-state index in [1.165, 1.54) is 17.6 Å². The first kappa shape index (κ1) is 15.7. The minimum atomic E-state index is -0.374. The molecule has 0 aliphatic carbocycles. The summed E-state index contributed by atoms with van der Waals surface area (Å²) in [6, 6.07) is 12.2. The highest BCUT2D eigenvalue weighted by Gasteiger charge is 2.05. The van der Waals surface area contributed by atoms with Crippen molar-refractivity contribution in [3.8, 4) is 0 Å². The molecule has 6 heteroatoms. The van der Waals surface area contributed by atoms with Crippen LogP contribution in [0.2, 0.25) is 0 Å². The summed E-state index contributed by atoms with van der Waals surface area (Å²) in [6.45, 7) is 2.34. The number of carbonyl (C=O) groups excluding carboxylic acids is 1. The summed E-state index contributed by atoms with van der Waals surface area (Å²) in [5.41, 5.74) is 3.48. The number of methoxy groups -OCH3 is 1. The number of nitrogens with zero attached hydrogens (tertiary/aromatic N) is 2. The average molecular weight is 323 g/mol. The van der Waals surface area contributed by atoms with Gasteiger partial charge in [0.15, 0.2) is 0 Å². The number of pyridine rings is 1. The molecule has 0 saturated carbocycles. The molecule has 0 fully saturated rings. The van der Waals surface area contributed by atoms with Gasteiger partial charge in [-0.05, 0) is 42.8 Å². The van der Waals surface area contributed by atoms with Crippen LogP contribution in [-0.2, 0) is 11.3 Å². The van der Waals surface area contributed by atoms with Crippen LogP contribution in [0.3, 0.4) is 0 Å². The van der Waals surface area contributed by atoms with Crippen molar-refractivity contribution in [1.29, 1.82) is 0 Å². The van der Waals surface area contributed by atoms with Gasteiger partial charge in [0.25, 0.3) is 5.56 Å². The Morgan fingerprint density at radius 2 is 1.96 bits per heavy atom. The van der Waals surface area contributed by atoms with E-state index in [0.29, 0.717) is 23.4 Å². The van der Waals surface area contributed by atoms with Gasteiger partial charge in [-0.15, -0.1) is 0 Å². The zero-order chi connectivity index (χ0) is 17.1. The summed E-state index contributed by atoms with van der Waals surface area (Å²) in [5.74, 6) is -0.374. The molecular formula is C18H17N3O3. The second-order valence-corrected chi connectivity index (χ2v) is 5.44. The van der Waals surface area contributed by atoms with Crippen molar-refractivity contribution in [3.63, 3.8) is 0 Å². The van der Waals surface area contributed by atoms with E-state index >= 15 is 0 Å². The maximum atomic E-state index is 12.2. The quantitative estimate of drug-likeness (QED) is 0.747. The van der Waals surface area contributed by atoms with Crippen LogP contribution in [0.5, 0.6) is 0 Å². The number of nitrogens with one attached hydrogen (secondary N) is 1. The van der Waals surface area contributed by atoms with Crippen molar-refractivity contribution in [2.24, 2.45) is 0 Å². The lowest BCUT2D eigenvalue weighted by Gasteiger charge is -2.08. The molecule has 24 heavy (non-hydrogen) atoms. The maximum Gasteiger partial charge on any atom is 0.337 e. The molecule has 0 atom stereocenters. The molecule has 3 rings (SSSR count). The standard InChI is InChI=1S/C18H17N3O3/c1-12-3-8-16-20-15(9-17(22)21(16)11-12)10-19-14-6-4-13(5-7-14)18(23)24-2/h3-9,11,19H,10H2,1-2H3. The summed E-state index contributed by atoms with van der Waals surface area (Å²) >= 11 is 0. The molecule has 0 saturated heterocycles. The molecule has 3 aromatic rings. The molecule has 0 radical (unpaired) electrons. The number of rotatable bonds is 4. The van der Waals surface area contributed by atoms with Gasteiger partial charge in [-0.2, -0.15) is 0 Å². The predicted molar refractivity (Wildman–Crippen MR) is 91.3 cm³/mol. The minimum Gasteiger partial charge on any atom is -0.465 e. The Morgan fingerprint density at radius 3 is 2.67 bits per heavy atom. The van der Waals surface area contributed by atoms with Gasteiger partial charge in [-0.1, -0.05) is 6.07 Å². The van der Waals surface area contributed by atoms with E-state index in [2.05, 4.69) is 15.0 Å². The molecule has 0 spiro atoms. The summed E-state index contributed by atoms with van der Waals surface area (Å²) in [4.78, 5) is 28.0. The number of benzene rings is 1. The Bertz CT molecular complexity index is 946. The van der Waals surface area contributed by atoms with Gasteiger partial charge in [-0.25, -0.2) is 9.78 Å². The Labute approximate surface area is 138 Å². The number of aromatic nitrogens is 2. The fourth-order valence-electron chi connectivity index (χ4n) is 2.38. The summed E-state index contributed by atoms with van der Waals surface area (Å²) < 4.78 is 6.19. The van der Waals surface area contributed by atoms with E-state index in [1.807, 2.05) is 19.1 Å². The molecule has 0 aliphatic heterocycles. The summed E-state index contributed by atoms with van der Waals surface area (Å²) in [6.07, 6.45) is 1.77. The number of anilines is 1. The topological polar surface area (TPSA) is 72.7 Å². The smallest absolute Gasteiger partial charge is 0.337 e. The first-order chi connectivity index (χ1) is 11.6. The van der Waals surface area contributed by atoms with Gasteiger partial charge in [0.05, 0.1) is 24.9 Å². The van der Waals surface area contributed by atoms with Crippen LogP contribution in [0.15, 0.2) is 53.5 Å². The Morgan fingerprint density at radius 1 is 1.21 bits per heavy atom. The lowest BCUT2D eigenvalue weighted by molar-refractivity contribution is 0.0601. The fourth-order valence-corrected chi connectivity index (χ4v) is 2.38. The Kier molecular flexibility index (Phi) is 4.29. The van der Waals surface area contributed by atoms with Crippen LogP contribution in [0.1, 0.15) is 21.6 Å². The second-order valence-electron chi connectivity index (χ2n) is 5.44. The van der Waals surface area contributed by atoms with Crippen molar-refractivity contribution in [3.05, 3.63) is 75.8 Å². The zero-order valence-electron chi connectivity index (χ0n) is 13.4. The third-order valence-electron chi connectivity index (χ3n) is 3.64. The van der Waals surface area contributed by atoms with Gasteiger partial charge in [0.1, 0.15) is 5.65 Å². The highest BCUT2D eigenvalue weighted by molar-refractivity contribution is 5.89. The SMILES string of the molecule is COC(=O)c1ccc(NCc2cc(=O)n3cc(C)ccc3n2)cc1. The number of hydrogen-bond donors (Lipinski definition) is 1. The monoisotopic (exact) mass is 323 g/mol. The van der Waals surface area contributed by atoms with Gasteiger partial charge >= 0.3 is 5.97 Å². The molecular weight excluding hydrogens is 306 g/mol. The van der Waals surface area contributed by atoms with Crippen LogP contribution < -0.4 is 10.9 Å². The molecule has 0 amide bonds. The molecule has 1 aromatic carbocycles. The molecule has 0 bridgehead atoms. The van der Waals surface area contributed by atoms with Crippen LogP contribution in [0.25, 0.3) is 5.65 Å². The lowest BCUT2D eigenvalue weighted by Crippen LogP contribution is -2.17. The van der Waals surface area contributed by atoms with E-state index < -0.39 is 0 Å². The van der Waals surface area contributed by atoms with Gasteiger partial charge in [0, 0.05) is 18.0 Å². The molecule has 6 nitrogen and oxygen atoms in total. The van der Waals surface area contributed by atoms with Crippen LogP contribution in [0.4, 0.5) is 5.69 Å². The van der Waals surface area contributed by atoms with Crippen molar-refractivity contribution >= 4 is 17.3 Å². The minimum absolute atomic E-state index is 0.110. The molecule has 0 aliphatic rings. The fraction of sp³-hybridized carbons (Fsp3) is 0.167. The van der Waals surface area contributed by atoms with Gasteiger partial charge in [-0.3, -0.25) is 9.20 Å². The van der Waals surface area contributed by atoms with E-state index in [9.17, 15) is 9.59 Å². The molecule has 1 N–H and O–H groups in total. The number of carbonyl (C=O) groups is 1. The lowest BCUT2D eigenvalue weighted by atomic mass is 10.2. The first-order valence-electron chi connectivity index (χ1n) is 7.48. The molecule has 2 aromatic heterocycles. The maximum absolute atomic E-state index is 12.2. The average Bonchev–Trinajstić information content (AvgIpc) is 2.60. The van der Waals surface area contributed by atoms with Gasteiger partial charge in [0.2, 0.25) is 0 Å². The van der Waals surface area contributed by atoms with E-state index in [1.54, 1.807) is 30.5 Å². The van der Waals surface area contributed by atoms with Crippen LogP contribution >= 0.6 is 0 Å². The third kappa shape index (κ3) is 3.27.